The number of anilines is 1. The van der Waals surface area contributed by atoms with E-state index in [4.69, 9.17) is 4.74 Å². The number of nitrogens with one attached hydrogen (secondary N) is 1. The second kappa shape index (κ2) is 7.98. The van der Waals surface area contributed by atoms with E-state index in [9.17, 15) is 4.79 Å². The average molecular weight is 355 g/mol. The largest absolute Gasteiger partial charge is 0.481 e. The van der Waals surface area contributed by atoms with Gasteiger partial charge in [-0.25, -0.2) is 4.68 Å². The molecule has 2 aromatic heterocycles. The third-order valence-electron chi connectivity index (χ3n) is 3.87. The summed E-state index contributed by atoms with van der Waals surface area (Å²) in [7, 11) is 0. The van der Waals surface area contributed by atoms with Gasteiger partial charge in [0, 0.05) is 10.9 Å². The molecule has 0 radical (unpaired) electrons. The van der Waals surface area contributed by atoms with Crippen LogP contribution in [0.15, 0.2) is 54.0 Å². The van der Waals surface area contributed by atoms with Crippen LogP contribution in [0.3, 0.4) is 0 Å². The zero-order valence-electron chi connectivity index (χ0n) is 14.3. The zero-order valence-corrected chi connectivity index (χ0v) is 15.1. The zero-order chi connectivity index (χ0) is 17.6. The lowest BCUT2D eigenvalue weighted by molar-refractivity contribution is -0.122. The minimum Gasteiger partial charge on any atom is -0.481 e. The molecule has 0 aliphatic heterocycles. The number of ether oxygens (including phenoxy) is 1. The van der Waals surface area contributed by atoms with Crippen LogP contribution in [-0.4, -0.2) is 21.8 Å². The fourth-order valence-corrected chi connectivity index (χ4v) is 3.09. The van der Waals surface area contributed by atoms with Gasteiger partial charge in [-0.2, -0.15) is 5.10 Å². The Bertz CT molecular complexity index is 810. The summed E-state index contributed by atoms with van der Waals surface area (Å²) in [6, 6.07) is 13.6. The molecule has 1 aromatic carbocycles. The maximum atomic E-state index is 12.4. The first kappa shape index (κ1) is 17.2. The van der Waals surface area contributed by atoms with E-state index in [0.29, 0.717) is 18.1 Å². The van der Waals surface area contributed by atoms with Crippen LogP contribution in [0.1, 0.15) is 24.3 Å². The number of nitrogens with zero attached hydrogens (tertiary/aromatic N) is 2. The molecule has 5 nitrogen and oxygen atoms in total. The first-order valence-electron chi connectivity index (χ1n) is 8.26. The van der Waals surface area contributed by atoms with E-state index in [0.717, 1.165) is 6.42 Å². The summed E-state index contributed by atoms with van der Waals surface area (Å²) in [4.78, 5) is 13.6. The fraction of sp³-hybridized carbons (Fsp3) is 0.263. The summed E-state index contributed by atoms with van der Waals surface area (Å²) in [5, 5.41) is 9.19. The fourth-order valence-electron chi connectivity index (χ4n) is 2.40. The molecule has 0 spiro atoms. The Balaban J connectivity index is 1.60. The molecule has 3 aromatic rings. The molecule has 25 heavy (non-hydrogen) atoms. The number of hydrogen-bond acceptors (Lipinski definition) is 4. The third-order valence-corrected chi connectivity index (χ3v) is 4.73. The normalized spacial score (nSPS) is 11.9. The molecule has 130 valence electrons. The van der Waals surface area contributed by atoms with Crippen LogP contribution in [0, 0.1) is 0 Å². The van der Waals surface area contributed by atoms with Crippen molar-refractivity contribution in [1.29, 1.82) is 0 Å². The van der Waals surface area contributed by atoms with Gasteiger partial charge in [0.1, 0.15) is 11.6 Å². The first-order chi connectivity index (χ1) is 12.2. The summed E-state index contributed by atoms with van der Waals surface area (Å²) in [6.45, 7) is 4.47. The number of aryl methyl sites for hydroxylation is 1. The van der Waals surface area contributed by atoms with E-state index < -0.39 is 6.10 Å². The number of benzene rings is 1. The van der Waals surface area contributed by atoms with Gasteiger partial charge in [-0.15, -0.1) is 11.3 Å². The summed E-state index contributed by atoms with van der Waals surface area (Å²) in [5.74, 6) is 1.15. The van der Waals surface area contributed by atoms with Crippen molar-refractivity contribution in [3.8, 4) is 5.75 Å². The highest BCUT2D eigenvalue weighted by molar-refractivity contribution is 7.09. The molecule has 0 bridgehead atoms. The third kappa shape index (κ3) is 4.48. The van der Waals surface area contributed by atoms with Gasteiger partial charge in [0.05, 0.1) is 12.7 Å². The lowest BCUT2D eigenvalue weighted by Crippen LogP contribution is -2.31. The van der Waals surface area contributed by atoms with Crippen molar-refractivity contribution in [2.45, 2.75) is 32.9 Å². The van der Waals surface area contributed by atoms with Gasteiger partial charge in [0.15, 0.2) is 6.10 Å². The molecule has 0 saturated carbocycles. The minimum absolute atomic E-state index is 0.201. The van der Waals surface area contributed by atoms with Crippen molar-refractivity contribution in [1.82, 2.24) is 9.78 Å². The van der Waals surface area contributed by atoms with Gasteiger partial charge in [0.25, 0.3) is 5.91 Å². The van der Waals surface area contributed by atoms with Crippen LogP contribution < -0.4 is 10.1 Å². The predicted octanol–water partition coefficient (Wildman–Crippen LogP) is 3.96. The highest BCUT2D eigenvalue weighted by Gasteiger charge is 2.17. The van der Waals surface area contributed by atoms with E-state index in [1.54, 1.807) is 35.2 Å². The molecular weight excluding hydrogens is 334 g/mol. The molecule has 2 heterocycles. The van der Waals surface area contributed by atoms with E-state index in [2.05, 4.69) is 17.3 Å². The second-order valence-electron chi connectivity index (χ2n) is 5.70. The molecule has 0 fully saturated rings. The molecule has 6 heteroatoms. The van der Waals surface area contributed by atoms with E-state index in [1.165, 1.54) is 10.4 Å². The van der Waals surface area contributed by atoms with Crippen molar-refractivity contribution in [2.75, 3.05) is 5.32 Å². The number of amides is 1. The van der Waals surface area contributed by atoms with Gasteiger partial charge in [-0.05, 0) is 42.5 Å². The predicted molar refractivity (Wildman–Crippen MR) is 100 cm³/mol. The second-order valence-corrected chi connectivity index (χ2v) is 6.73. The van der Waals surface area contributed by atoms with E-state index in [-0.39, 0.29) is 5.91 Å². The molecular formula is C19H21N3O2S. The summed E-state index contributed by atoms with van der Waals surface area (Å²) < 4.78 is 7.50. The SMILES string of the molecule is CCc1ccc(O[C@@H](C)C(=O)Nc2ccnn2Cc2cccs2)cc1. The van der Waals surface area contributed by atoms with Crippen LogP contribution >= 0.6 is 11.3 Å². The minimum atomic E-state index is -0.599. The molecule has 0 aliphatic rings. The van der Waals surface area contributed by atoms with Crippen molar-refractivity contribution in [3.63, 3.8) is 0 Å². The number of thiophene rings is 1. The Labute approximate surface area is 151 Å². The van der Waals surface area contributed by atoms with Crippen molar-refractivity contribution < 1.29 is 9.53 Å². The standard InChI is InChI=1S/C19H21N3O2S/c1-3-15-6-8-16(9-7-15)24-14(2)19(23)21-18-10-11-20-22(18)13-17-5-4-12-25-17/h4-12,14H,3,13H2,1-2H3,(H,21,23)/t14-/m0/s1. The van der Waals surface area contributed by atoms with Crippen molar-refractivity contribution in [3.05, 3.63) is 64.5 Å². The molecule has 0 aliphatic carbocycles. The molecule has 0 saturated heterocycles. The molecule has 1 atom stereocenters. The number of carbonyl (C=O) groups is 1. The van der Waals surface area contributed by atoms with Gasteiger partial charge >= 0.3 is 0 Å². The smallest absolute Gasteiger partial charge is 0.266 e. The van der Waals surface area contributed by atoms with Gasteiger partial charge < -0.3 is 10.1 Å². The highest BCUT2D eigenvalue weighted by atomic mass is 32.1. The van der Waals surface area contributed by atoms with Crippen LogP contribution in [0.25, 0.3) is 0 Å². The van der Waals surface area contributed by atoms with Crippen molar-refractivity contribution in [2.24, 2.45) is 0 Å². The quantitative estimate of drug-likeness (QED) is 0.698. The lowest BCUT2D eigenvalue weighted by Gasteiger charge is -2.15. The van der Waals surface area contributed by atoms with Crippen LogP contribution in [0.4, 0.5) is 5.82 Å². The molecule has 1 amide bonds. The van der Waals surface area contributed by atoms with Crippen LogP contribution in [-0.2, 0) is 17.8 Å². The maximum absolute atomic E-state index is 12.4. The molecule has 3 rings (SSSR count). The van der Waals surface area contributed by atoms with E-state index >= 15 is 0 Å². The number of rotatable bonds is 7. The Morgan fingerprint density at radius 2 is 2.08 bits per heavy atom. The van der Waals surface area contributed by atoms with Gasteiger partial charge in [-0.3, -0.25) is 4.79 Å². The first-order valence-corrected chi connectivity index (χ1v) is 9.14. The Morgan fingerprint density at radius 3 is 2.76 bits per heavy atom. The summed E-state index contributed by atoms with van der Waals surface area (Å²) in [5.41, 5.74) is 1.24. The van der Waals surface area contributed by atoms with E-state index in [1.807, 2.05) is 41.8 Å². The number of carbonyl (C=O) groups excluding carboxylic acids is 1. The monoisotopic (exact) mass is 355 g/mol. The highest BCUT2D eigenvalue weighted by Crippen LogP contribution is 2.17. The van der Waals surface area contributed by atoms with Gasteiger partial charge in [-0.1, -0.05) is 25.1 Å². The van der Waals surface area contributed by atoms with Gasteiger partial charge in [0.2, 0.25) is 0 Å². The Kier molecular flexibility index (Phi) is 5.50. The Morgan fingerprint density at radius 1 is 1.28 bits per heavy atom. The topological polar surface area (TPSA) is 56.1 Å². The number of hydrogen-bond donors (Lipinski definition) is 1. The maximum Gasteiger partial charge on any atom is 0.266 e. The van der Waals surface area contributed by atoms with Crippen LogP contribution in [0.5, 0.6) is 5.75 Å². The lowest BCUT2D eigenvalue weighted by atomic mass is 10.2. The molecule has 0 unspecified atom stereocenters. The van der Waals surface area contributed by atoms with Crippen LogP contribution in [0.2, 0.25) is 0 Å². The summed E-state index contributed by atoms with van der Waals surface area (Å²) in [6.07, 6.45) is 2.06. The Hall–Kier alpha value is -2.60. The molecule has 1 N–H and O–H groups in total. The summed E-state index contributed by atoms with van der Waals surface area (Å²) >= 11 is 1.66. The van der Waals surface area contributed by atoms with Crippen molar-refractivity contribution >= 4 is 23.1 Å². The number of aromatic nitrogens is 2. The average Bonchev–Trinajstić information content (AvgIpc) is 3.28.